The van der Waals surface area contributed by atoms with E-state index in [4.69, 9.17) is 10.8 Å². The summed E-state index contributed by atoms with van der Waals surface area (Å²) in [5.74, 6) is -0.431. The number of aromatic nitrogens is 1. The van der Waals surface area contributed by atoms with Crippen LogP contribution in [0, 0.1) is 6.92 Å². The van der Waals surface area contributed by atoms with E-state index in [9.17, 15) is 4.79 Å². The number of nitrogens with zero attached hydrogens (tertiary/aromatic N) is 1. The van der Waals surface area contributed by atoms with Crippen molar-refractivity contribution in [2.45, 2.75) is 6.92 Å². The van der Waals surface area contributed by atoms with Crippen LogP contribution in [0.25, 0.3) is 0 Å². The summed E-state index contributed by atoms with van der Waals surface area (Å²) >= 11 is 0. The van der Waals surface area contributed by atoms with E-state index in [0.717, 1.165) is 5.69 Å². The Morgan fingerprint density at radius 2 is 2.11 bits per heavy atom. The number of carboxylic acids is 1. The molecule has 0 aliphatic heterocycles. The van der Waals surface area contributed by atoms with Gasteiger partial charge in [0.15, 0.2) is 0 Å². The molecule has 0 fully saturated rings. The van der Waals surface area contributed by atoms with Crippen LogP contribution in [0.4, 0.5) is 17.2 Å². The van der Waals surface area contributed by atoms with Crippen LogP contribution in [0.15, 0.2) is 36.4 Å². The highest BCUT2D eigenvalue weighted by molar-refractivity contribution is 5.96. The minimum Gasteiger partial charge on any atom is -0.478 e. The Balaban J connectivity index is 2.37. The second-order valence-corrected chi connectivity index (χ2v) is 3.90. The minimum atomic E-state index is -1.03. The maximum atomic E-state index is 11.1. The van der Waals surface area contributed by atoms with Gasteiger partial charge in [0.25, 0.3) is 0 Å². The van der Waals surface area contributed by atoms with E-state index in [0.29, 0.717) is 17.2 Å². The van der Waals surface area contributed by atoms with Gasteiger partial charge in [0.05, 0.1) is 11.3 Å². The van der Waals surface area contributed by atoms with Crippen LogP contribution in [0.2, 0.25) is 0 Å². The molecule has 1 heterocycles. The van der Waals surface area contributed by atoms with Gasteiger partial charge >= 0.3 is 5.97 Å². The van der Waals surface area contributed by atoms with E-state index in [2.05, 4.69) is 10.3 Å². The minimum absolute atomic E-state index is 0.123. The molecule has 1 aromatic heterocycles. The summed E-state index contributed by atoms with van der Waals surface area (Å²) in [6.07, 6.45) is 0. The number of carboxylic acid groups (broad SMARTS) is 1. The predicted molar refractivity (Wildman–Crippen MR) is 70.1 cm³/mol. The number of anilines is 3. The largest absolute Gasteiger partial charge is 0.478 e. The van der Waals surface area contributed by atoms with Crippen LogP contribution >= 0.6 is 0 Å². The van der Waals surface area contributed by atoms with Crippen molar-refractivity contribution in [3.8, 4) is 0 Å². The van der Waals surface area contributed by atoms with E-state index in [1.807, 2.05) is 19.1 Å². The van der Waals surface area contributed by atoms with Gasteiger partial charge in [-0.1, -0.05) is 6.07 Å². The number of aryl methyl sites for hydroxylation is 1. The molecule has 5 nitrogen and oxygen atoms in total. The summed E-state index contributed by atoms with van der Waals surface area (Å²) in [5.41, 5.74) is 7.43. The Morgan fingerprint density at radius 1 is 1.33 bits per heavy atom. The number of nitrogens with one attached hydrogen (secondary N) is 1. The van der Waals surface area contributed by atoms with Crippen molar-refractivity contribution in [2.24, 2.45) is 0 Å². The lowest BCUT2D eigenvalue weighted by molar-refractivity contribution is 0.0698. The summed E-state index contributed by atoms with van der Waals surface area (Å²) in [5, 5.41) is 12.1. The molecule has 5 heteroatoms. The van der Waals surface area contributed by atoms with Gasteiger partial charge in [0.1, 0.15) is 5.82 Å². The fourth-order valence-corrected chi connectivity index (χ4v) is 1.60. The Kier molecular flexibility index (Phi) is 3.14. The number of carbonyl (C=O) groups is 1. The van der Waals surface area contributed by atoms with Gasteiger partial charge < -0.3 is 16.2 Å². The van der Waals surface area contributed by atoms with Crippen LogP contribution in [0.3, 0.4) is 0 Å². The molecule has 92 valence electrons. The average molecular weight is 243 g/mol. The standard InChI is InChI=1S/C13H13N3O2/c1-8-3-2-4-12(15-8)16-11-6-5-9(14)7-10(11)13(17)18/h2-7H,14H2,1H3,(H,15,16)(H,17,18). The molecule has 0 aliphatic carbocycles. The van der Waals surface area contributed by atoms with Crippen molar-refractivity contribution in [2.75, 3.05) is 11.1 Å². The van der Waals surface area contributed by atoms with Crippen molar-refractivity contribution in [3.63, 3.8) is 0 Å². The molecular weight excluding hydrogens is 230 g/mol. The monoisotopic (exact) mass is 243 g/mol. The topological polar surface area (TPSA) is 88.2 Å². The Labute approximate surface area is 104 Å². The summed E-state index contributed by atoms with van der Waals surface area (Å²) in [4.78, 5) is 15.4. The van der Waals surface area contributed by atoms with Crippen LogP contribution in [0.5, 0.6) is 0 Å². The number of hydrogen-bond acceptors (Lipinski definition) is 4. The van der Waals surface area contributed by atoms with Gasteiger partial charge in [-0.15, -0.1) is 0 Å². The van der Waals surface area contributed by atoms with Gasteiger partial charge in [-0.2, -0.15) is 0 Å². The lowest BCUT2D eigenvalue weighted by Crippen LogP contribution is -2.04. The van der Waals surface area contributed by atoms with E-state index >= 15 is 0 Å². The van der Waals surface area contributed by atoms with Crippen LogP contribution in [-0.4, -0.2) is 16.1 Å². The first-order valence-corrected chi connectivity index (χ1v) is 5.40. The van der Waals surface area contributed by atoms with Crippen molar-refractivity contribution < 1.29 is 9.90 Å². The predicted octanol–water partition coefficient (Wildman–Crippen LogP) is 2.41. The van der Waals surface area contributed by atoms with Crippen LogP contribution in [-0.2, 0) is 0 Å². The van der Waals surface area contributed by atoms with Crippen molar-refractivity contribution in [3.05, 3.63) is 47.7 Å². The van der Waals surface area contributed by atoms with E-state index in [-0.39, 0.29) is 5.56 Å². The summed E-state index contributed by atoms with van der Waals surface area (Å²) in [6, 6.07) is 10.2. The number of nitrogens with two attached hydrogens (primary N) is 1. The van der Waals surface area contributed by atoms with E-state index in [1.165, 1.54) is 6.07 Å². The molecule has 0 bridgehead atoms. The molecule has 0 radical (unpaired) electrons. The van der Waals surface area contributed by atoms with Crippen molar-refractivity contribution in [1.29, 1.82) is 0 Å². The smallest absolute Gasteiger partial charge is 0.337 e. The zero-order valence-corrected chi connectivity index (χ0v) is 9.84. The molecule has 1 aromatic carbocycles. The maximum Gasteiger partial charge on any atom is 0.337 e. The van der Waals surface area contributed by atoms with E-state index in [1.54, 1.807) is 18.2 Å². The average Bonchev–Trinajstić information content (AvgIpc) is 2.31. The van der Waals surface area contributed by atoms with Gasteiger partial charge in [0.2, 0.25) is 0 Å². The quantitative estimate of drug-likeness (QED) is 0.720. The number of benzene rings is 1. The second-order valence-electron chi connectivity index (χ2n) is 3.90. The number of hydrogen-bond donors (Lipinski definition) is 3. The highest BCUT2D eigenvalue weighted by Crippen LogP contribution is 2.22. The molecule has 0 saturated heterocycles. The highest BCUT2D eigenvalue weighted by Gasteiger charge is 2.10. The van der Waals surface area contributed by atoms with E-state index < -0.39 is 5.97 Å². The van der Waals surface area contributed by atoms with Gasteiger partial charge in [0, 0.05) is 11.4 Å². The third-order valence-electron chi connectivity index (χ3n) is 2.43. The lowest BCUT2D eigenvalue weighted by atomic mass is 10.1. The third kappa shape index (κ3) is 2.57. The van der Waals surface area contributed by atoms with Crippen LogP contribution in [0.1, 0.15) is 16.1 Å². The molecule has 0 aliphatic rings. The first kappa shape index (κ1) is 11.9. The first-order valence-electron chi connectivity index (χ1n) is 5.40. The molecule has 0 saturated carbocycles. The van der Waals surface area contributed by atoms with Gasteiger partial charge in [-0.3, -0.25) is 0 Å². The number of nitrogen functional groups attached to an aromatic ring is 1. The molecular formula is C13H13N3O2. The molecule has 2 aromatic rings. The fourth-order valence-electron chi connectivity index (χ4n) is 1.60. The molecule has 0 amide bonds. The molecule has 0 unspecified atom stereocenters. The SMILES string of the molecule is Cc1cccc(Nc2ccc(N)cc2C(=O)O)n1. The maximum absolute atomic E-state index is 11.1. The zero-order valence-electron chi connectivity index (χ0n) is 9.84. The molecule has 18 heavy (non-hydrogen) atoms. The van der Waals surface area contributed by atoms with Crippen molar-refractivity contribution >= 4 is 23.2 Å². The Morgan fingerprint density at radius 3 is 2.78 bits per heavy atom. The number of aromatic carboxylic acids is 1. The summed E-state index contributed by atoms with van der Waals surface area (Å²) in [7, 11) is 0. The Bertz CT molecular complexity index is 597. The fraction of sp³-hybridized carbons (Fsp3) is 0.0769. The number of rotatable bonds is 3. The van der Waals surface area contributed by atoms with Gasteiger partial charge in [-0.25, -0.2) is 9.78 Å². The molecule has 0 spiro atoms. The summed E-state index contributed by atoms with van der Waals surface area (Å²) < 4.78 is 0. The normalized spacial score (nSPS) is 10.1. The van der Waals surface area contributed by atoms with Gasteiger partial charge in [-0.05, 0) is 37.3 Å². The Hall–Kier alpha value is -2.56. The second kappa shape index (κ2) is 4.75. The molecule has 0 atom stereocenters. The van der Waals surface area contributed by atoms with Crippen LogP contribution < -0.4 is 11.1 Å². The van der Waals surface area contributed by atoms with Crippen molar-refractivity contribution in [1.82, 2.24) is 4.98 Å². The lowest BCUT2D eigenvalue weighted by Gasteiger charge is -2.09. The molecule has 4 N–H and O–H groups in total. The first-order chi connectivity index (χ1) is 8.56. The zero-order chi connectivity index (χ0) is 13.1. The highest BCUT2D eigenvalue weighted by atomic mass is 16.4. The summed E-state index contributed by atoms with van der Waals surface area (Å²) in [6.45, 7) is 1.87. The third-order valence-corrected chi connectivity index (χ3v) is 2.43. The number of pyridine rings is 1. The molecule has 2 rings (SSSR count).